The number of benzene rings is 3. The van der Waals surface area contributed by atoms with Gasteiger partial charge in [-0.15, -0.1) is 0 Å². The molecular formula is C22H14F2O3. The maximum absolute atomic E-state index is 13.6. The predicted octanol–water partition coefficient (Wildman–Crippen LogP) is 4.58. The summed E-state index contributed by atoms with van der Waals surface area (Å²) in [6, 6.07) is 15.9. The number of Topliss-reactive ketones (excluding diaryl/α,β-unsaturated/α-hetero) is 1. The van der Waals surface area contributed by atoms with Gasteiger partial charge < -0.3 is 4.74 Å². The summed E-state index contributed by atoms with van der Waals surface area (Å²) >= 11 is 0. The Labute approximate surface area is 154 Å². The summed E-state index contributed by atoms with van der Waals surface area (Å²) in [6.45, 7) is -0.518. The molecule has 1 aliphatic rings. The third-order valence-corrected chi connectivity index (χ3v) is 4.61. The van der Waals surface area contributed by atoms with Gasteiger partial charge in [0, 0.05) is 11.6 Å². The highest BCUT2D eigenvalue weighted by molar-refractivity contribution is 6.00. The lowest BCUT2D eigenvalue weighted by atomic mass is 10.0. The number of ketones is 1. The molecular weight excluding hydrogens is 350 g/mol. The number of halogens is 2. The van der Waals surface area contributed by atoms with Gasteiger partial charge in [0.2, 0.25) is 0 Å². The number of fused-ring (bicyclic) bond motifs is 3. The average molecular weight is 364 g/mol. The van der Waals surface area contributed by atoms with Gasteiger partial charge in [-0.25, -0.2) is 13.6 Å². The number of esters is 1. The van der Waals surface area contributed by atoms with Gasteiger partial charge in [0.25, 0.3) is 0 Å². The Bertz CT molecular complexity index is 1070. The maximum atomic E-state index is 13.6. The van der Waals surface area contributed by atoms with E-state index in [-0.39, 0.29) is 0 Å². The molecule has 3 nitrogen and oxygen atoms in total. The Morgan fingerprint density at radius 1 is 0.889 bits per heavy atom. The van der Waals surface area contributed by atoms with Gasteiger partial charge in [-0.1, -0.05) is 36.4 Å². The van der Waals surface area contributed by atoms with Crippen LogP contribution in [0.2, 0.25) is 0 Å². The number of carbonyl (C=O) groups is 2. The van der Waals surface area contributed by atoms with Crippen LogP contribution in [0.3, 0.4) is 0 Å². The summed E-state index contributed by atoms with van der Waals surface area (Å²) in [4.78, 5) is 24.3. The van der Waals surface area contributed by atoms with Crippen molar-refractivity contribution in [1.29, 1.82) is 0 Å². The third kappa shape index (κ3) is 3.24. The number of ether oxygens (including phenoxy) is 1. The van der Waals surface area contributed by atoms with Crippen LogP contribution in [0.4, 0.5) is 8.78 Å². The topological polar surface area (TPSA) is 43.4 Å². The molecule has 3 aromatic rings. The first-order valence-corrected chi connectivity index (χ1v) is 8.39. The van der Waals surface area contributed by atoms with Crippen LogP contribution in [0, 0.1) is 11.6 Å². The van der Waals surface area contributed by atoms with E-state index in [0.717, 1.165) is 35.2 Å². The highest BCUT2D eigenvalue weighted by Gasteiger charge is 2.20. The van der Waals surface area contributed by atoms with Crippen LogP contribution >= 0.6 is 0 Å². The molecule has 134 valence electrons. The smallest absolute Gasteiger partial charge is 0.341 e. The van der Waals surface area contributed by atoms with E-state index in [1.165, 1.54) is 5.56 Å². The SMILES string of the molecule is O=C(COC(=O)c1ccc(F)cc1F)c1ccc2c(c1)-c1ccccc1C2. The van der Waals surface area contributed by atoms with Crippen molar-refractivity contribution in [2.24, 2.45) is 0 Å². The van der Waals surface area contributed by atoms with Crippen molar-refractivity contribution in [3.8, 4) is 11.1 Å². The lowest BCUT2D eigenvalue weighted by molar-refractivity contribution is 0.0470. The molecule has 0 fully saturated rings. The van der Waals surface area contributed by atoms with Crippen LogP contribution in [0.25, 0.3) is 11.1 Å². The van der Waals surface area contributed by atoms with Gasteiger partial charge in [-0.05, 0) is 46.9 Å². The van der Waals surface area contributed by atoms with E-state index in [2.05, 4.69) is 6.07 Å². The second kappa shape index (κ2) is 6.76. The van der Waals surface area contributed by atoms with Crippen molar-refractivity contribution < 1.29 is 23.1 Å². The first kappa shape index (κ1) is 17.1. The Balaban J connectivity index is 1.49. The Hall–Kier alpha value is -3.34. The molecule has 0 radical (unpaired) electrons. The van der Waals surface area contributed by atoms with Gasteiger partial charge in [0.15, 0.2) is 12.4 Å². The molecule has 4 rings (SSSR count). The van der Waals surface area contributed by atoms with Gasteiger partial charge in [0.1, 0.15) is 11.6 Å². The van der Waals surface area contributed by atoms with E-state index >= 15 is 0 Å². The van der Waals surface area contributed by atoms with E-state index in [0.29, 0.717) is 11.6 Å². The summed E-state index contributed by atoms with van der Waals surface area (Å²) in [5.74, 6) is -3.22. The summed E-state index contributed by atoms with van der Waals surface area (Å²) in [7, 11) is 0. The highest BCUT2D eigenvalue weighted by Crippen LogP contribution is 2.36. The predicted molar refractivity (Wildman–Crippen MR) is 95.7 cm³/mol. The monoisotopic (exact) mass is 364 g/mol. The number of hydrogen-bond acceptors (Lipinski definition) is 3. The molecule has 0 heterocycles. The van der Waals surface area contributed by atoms with E-state index in [1.807, 2.05) is 24.3 Å². The molecule has 0 aliphatic heterocycles. The minimum atomic E-state index is -1.03. The molecule has 0 unspecified atom stereocenters. The van der Waals surface area contributed by atoms with Crippen molar-refractivity contribution in [3.63, 3.8) is 0 Å². The summed E-state index contributed by atoms with van der Waals surface area (Å²) in [5, 5.41) is 0. The van der Waals surface area contributed by atoms with Crippen LogP contribution in [0.15, 0.2) is 60.7 Å². The second-order valence-corrected chi connectivity index (χ2v) is 6.33. The summed E-state index contributed by atoms with van der Waals surface area (Å²) in [5.41, 5.74) is 4.43. The Morgan fingerprint density at radius 2 is 1.67 bits per heavy atom. The van der Waals surface area contributed by atoms with Crippen LogP contribution < -0.4 is 0 Å². The molecule has 1 aliphatic carbocycles. The van der Waals surface area contributed by atoms with Crippen LogP contribution in [0.1, 0.15) is 31.8 Å². The molecule has 27 heavy (non-hydrogen) atoms. The molecule has 0 bridgehead atoms. The second-order valence-electron chi connectivity index (χ2n) is 6.33. The van der Waals surface area contributed by atoms with Crippen LogP contribution in [-0.4, -0.2) is 18.4 Å². The fraction of sp³-hybridized carbons (Fsp3) is 0.0909. The maximum Gasteiger partial charge on any atom is 0.341 e. The van der Waals surface area contributed by atoms with Gasteiger partial charge in [-0.2, -0.15) is 0 Å². The third-order valence-electron chi connectivity index (χ3n) is 4.61. The molecule has 3 aromatic carbocycles. The molecule has 0 N–H and O–H groups in total. The largest absolute Gasteiger partial charge is 0.454 e. The zero-order valence-electron chi connectivity index (χ0n) is 14.2. The zero-order valence-corrected chi connectivity index (χ0v) is 14.2. The molecule has 0 spiro atoms. The first-order valence-electron chi connectivity index (χ1n) is 8.39. The molecule has 5 heteroatoms. The van der Waals surface area contributed by atoms with Crippen molar-refractivity contribution in [2.75, 3.05) is 6.61 Å². The zero-order chi connectivity index (χ0) is 19.0. The van der Waals surface area contributed by atoms with Gasteiger partial charge in [0.05, 0.1) is 5.56 Å². The number of rotatable bonds is 4. The van der Waals surface area contributed by atoms with Crippen LogP contribution in [0.5, 0.6) is 0 Å². The lowest BCUT2D eigenvalue weighted by Gasteiger charge is -2.07. The normalized spacial score (nSPS) is 11.6. The molecule has 0 amide bonds. The molecule has 0 aromatic heterocycles. The van der Waals surface area contributed by atoms with Gasteiger partial charge in [-0.3, -0.25) is 4.79 Å². The van der Waals surface area contributed by atoms with E-state index in [1.54, 1.807) is 12.1 Å². The molecule has 0 atom stereocenters. The summed E-state index contributed by atoms with van der Waals surface area (Å²) in [6.07, 6.45) is 0.818. The quantitative estimate of drug-likeness (QED) is 0.393. The Kier molecular flexibility index (Phi) is 4.28. The fourth-order valence-corrected chi connectivity index (χ4v) is 3.24. The Morgan fingerprint density at radius 3 is 2.48 bits per heavy atom. The van der Waals surface area contributed by atoms with Crippen molar-refractivity contribution in [3.05, 3.63) is 94.6 Å². The number of hydrogen-bond donors (Lipinski definition) is 0. The number of carbonyl (C=O) groups excluding carboxylic acids is 2. The fourth-order valence-electron chi connectivity index (χ4n) is 3.24. The average Bonchev–Trinajstić information content (AvgIpc) is 3.03. The minimum absolute atomic E-state index is 0.391. The van der Waals surface area contributed by atoms with Crippen molar-refractivity contribution in [2.45, 2.75) is 6.42 Å². The highest BCUT2D eigenvalue weighted by atomic mass is 19.1. The summed E-state index contributed by atoms with van der Waals surface area (Å²) < 4.78 is 31.4. The first-order chi connectivity index (χ1) is 13.0. The van der Waals surface area contributed by atoms with Crippen molar-refractivity contribution in [1.82, 2.24) is 0 Å². The molecule has 0 saturated carbocycles. The van der Waals surface area contributed by atoms with E-state index in [4.69, 9.17) is 4.74 Å². The minimum Gasteiger partial charge on any atom is -0.454 e. The van der Waals surface area contributed by atoms with Gasteiger partial charge >= 0.3 is 5.97 Å². The van der Waals surface area contributed by atoms with Crippen LogP contribution in [-0.2, 0) is 11.2 Å². The lowest BCUT2D eigenvalue weighted by Crippen LogP contribution is -2.15. The van der Waals surface area contributed by atoms with Crippen molar-refractivity contribution >= 4 is 11.8 Å². The standard InChI is InChI=1S/C22H14F2O3/c23-16-7-8-18(20(24)11-16)22(26)27-12-21(25)15-6-5-14-9-13-3-1-2-4-17(13)19(14)10-15/h1-8,10-11H,9,12H2. The molecule has 0 saturated heterocycles. The van der Waals surface area contributed by atoms with E-state index in [9.17, 15) is 18.4 Å². The van der Waals surface area contributed by atoms with E-state index < -0.39 is 35.6 Å².